The van der Waals surface area contributed by atoms with Crippen LogP contribution in [0.1, 0.15) is 20.3 Å². The third-order valence-corrected chi connectivity index (χ3v) is 3.62. The maximum absolute atomic E-state index is 12.2. The molecule has 1 amide bonds. The number of likely N-dealkylation sites (tertiary alicyclic amines) is 1. The Bertz CT molecular complexity index is 321. The van der Waals surface area contributed by atoms with Gasteiger partial charge in [0.25, 0.3) is 0 Å². The van der Waals surface area contributed by atoms with Gasteiger partial charge in [-0.05, 0) is 11.8 Å². The summed E-state index contributed by atoms with van der Waals surface area (Å²) in [7, 11) is 1.61. The standard InChI is InChI=1S/C13H23F3N2O2/c1-9(2)10-7-18(4-5-20-3)8-11(10)17-12(19)6-13(14,15)16/h9-11H,4-8H2,1-3H3,(H,17,19)/t10-,11+/m0/s1. The zero-order valence-electron chi connectivity index (χ0n) is 12.2. The van der Waals surface area contributed by atoms with Gasteiger partial charge < -0.3 is 10.1 Å². The van der Waals surface area contributed by atoms with E-state index in [0.717, 1.165) is 13.1 Å². The molecule has 0 bridgehead atoms. The normalized spacial score (nSPS) is 24.4. The smallest absolute Gasteiger partial charge is 0.383 e. The minimum atomic E-state index is -4.45. The number of hydrogen-bond donors (Lipinski definition) is 1. The van der Waals surface area contributed by atoms with Gasteiger partial charge in [-0.15, -0.1) is 0 Å². The summed E-state index contributed by atoms with van der Waals surface area (Å²) in [6, 6.07) is -0.221. The number of halogens is 3. The van der Waals surface area contributed by atoms with E-state index in [1.54, 1.807) is 7.11 Å². The van der Waals surface area contributed by atoms with Crippen molar-refractivity contribution in [3.05, 3.63) is 0 Å². The van der Waals surface area contributed by atoms with Crippen LogP contribution in [-0.4, -0.2) is 56.4 Å². The molecule has 1 N–H and O–H groups in total. The molecule has 0 spiro atoms. The Kier molecular flexibility index (Phi) is 6.26. The van der Waals surface area contributed by atoms with Crippen LogP contribution >= 0.6 is 0 Å². The molecule has 1 aliphatic rings. The van der Waals surface area contributed by atoms with Crippen molar-refractivity contribution in [1.82, 2.24) is 10.2 Å². The second kappa shape index (κ2) is 7.26. The monoisotopic (exact) mass is 296 g/mol. The van der Waals surface area contributed by atoms with E-state index in [1.165, 1.54) is 0 Å². The Labute approximate surface area is 117 Å². The molecule has 1 aliphatic heterocycles. The van der Waals surface area contributed by atoms with Crippen molar-refractivity contribution in [3.8, 4) is 0 Å². The first-order chi connectivity index (χ1) is 9.23. The molecule has 4 nitrogen and oxygen atoms in total. The molecule has 118 valence electrons. The Hall–Kier alpha value is -0.820. The van der Waals surface area contributed by atoms with E-state index in [1.807, 2.05) is 13.8 Å². The van der Waals surface area contributed by atoms with Gasteiger partial charge in [0, 0.05) is 32.8 Å². The van der Waals surface area contributed by atoms with Crippen LogP contribution in [0.2, 0.25) is 0 Å². The molecule has 1 rings (SSSR count). The van der Waals surface area contributed by atoms with Crippen molar-refractivity contribution in [2.45, 2.75) is 32.5 Å². The van der Waals surface area contributed by atoms with Gasteiger partial charge in [-0.2, -0.15) is 13.2 Å². The molecule has 0 saturated carbocycles. The molecule has 0 aromatic rings. The molecule has 0 radical (unpaired) electrons. The van der Waals surface area contributed by atoms with E-state index in [0.29, 0.717) is 19.1 Å². The number of methoxy groups -OCH3 is 1. The number of carbonyl (C=O) groups excluding carboxylic acids is 1. The van der Waals surface area contributed by atoms with E-state index in [4.69, 9.17) is 4.74 Å². The minimum Gasteiger partial charge on any atom is -0.383 e. The molecule has 0 aliphatic carbocycles. The number of nitrogens with zero attached hydrogens (tertiary/aromatic N) is 1. The zero-order chi connectivity index (χ0) is 15.3. The topological polar surface area (TPSA) is 41.6 Å². The van der Waals surface area contributed by atoms with Crippen LogP contribution in [0.3, 0.4) is 0 Å². The van der Waals surface area contributed by atoms with Gasteiger partial charge in [0.05, 0.1) is 6.61 Å². The molecule has 1 heterocycles. The lowest BCUT2D eigenvalue weighted by Crippen LogP contribution is -2.43. The number of carbonyl (C=O) groups is 1. The number of amides is 1. The molecular formula is C13H23F3N2O2. The summed E-state index contributed by atoms with van der Waals surface area (Å²) in [6.07, 6.45) is -5.86. The van der Waals surface area contributed by atoms with Crippen LogP contribution in [0, 0.1) is 11.8 Å². The average molecular weight is 296 g/mol. The highest BCUT2D eigenvalue weighted by atomic mass is 19.4. The van der Waals surface area contributed by atoms with Gasteiger partial charge >= 0.3 is 6.18 Å². The number of ether oxygens (including phenoxy) is 1. The number of nitrogens with one attached hydrogen (secondary N) is 1. The Balaban J connectivity index is 2.55. The summed E-state index contributed by atoms with van der Waals surface area (Å²) in [4.78, 5) is 13.5. The van der Waals surface area contributed by atoms with E-state index in [9.17, 15) is 18.0 Å². The lowest BCUT2D eigenvalue weighted by atomic mass is 9.91. The lowest BCUT2D eigenvalue weighted by Gasteiger charge is -2.23. The minimum absolute atomic E-state index is 0.170. The van der Waals surface area contributed by atoms with Crippen molar-refractivity contribution in [2.24, 2.45) is 11.8 Å². The van der Waals surface area contributed by atoms with E-state index >= 15 is 0 Å². The molecule has 20 heavy (non-hydrogen) atoms. The molecule has 1 fully saturated rings. The maximum Gasteiger partial charge on any atom is 0.397 e. The summed E-state index contributed by atoms with van der Waals surface area (Å²) in [5, 5.41) is 2.53. The van der Waals surface area contributed by atoms with Gasteiger partial charge in [0.15, 0.2) is 0 Å². The molecule has 0 unspecified atom stereocenters. The fraction of sp³-hybridized carbons (Fsp3) is 0.923. The number of rotatable bonds is 6. The molecule has 0 aromatic heterocycles. The highest BCUT2D eigenvalue weighted by Gasteiger charge is 2.37. The van der Waals surface area contributed by atoms with Gasteiger partial charge in [0.2, 0.25) is 5.91 Å². The highest BCUT2D eigenvalue weighted by molar-refractivity contribution is 5.77. The highest BCUT2D eigenvalue weighted by Crippen LogP contribution is 2.25. The lowest BCUT2D eigenvalue weighted by molar-refractivity contribution is -0.154. The third kappa shape index (κ3) is 5.66. The van der Waals surface area contributed by atoms with Crippen molar-refractivity contribution < 1.29 is 22.7 Å². The SMILES string of the molecule is COCCN1C[C@@H](NC(=O)CC(F)(F)F)[C@H](C(C)C)C1. The van der Waals surface area contributed by atoms with Crippen LogP contribution in [0.4, 0.5) is 13.2 Å². The van der Waals surface area contributed by atoms with E-state index in [-0.39, 0.29) is 12.0 Å². The van der Waals surface area contributed by atoms with Crippen LogP contribution in [0.15, 0.2) is 0 Å². The van der Waals surface area contributed by atoms with Gasteiger partial charge in [-0.3, -0.25) is 9.69 Å². The second-order valence-corrected chi connectivity index (χ2v) is 5.63. The number of alkyl halides is 3. The molecular weight excluding hydrogens is 273 g/mol. The van der Waals surface area contributed by atoms with Gasteiger partial charge in [0.1, 0.15) is 6.42 Å². The van der Waals surface area contributed by atoms with Gasteiger partial charge in [-0.25, -0.2) is 0 Å². The Morgan fingerprint density at radius 2 is 2.05 bits per heavy atom. The molecule has 1 saturated heterocycles. The fourth-order valence-electron chi connectivity index (χ4n) is 2.58. The van der Waals surface area contributed by atoms with Gasteiger partial charge in [-0.1, -0.05) is 13.8 Å². The average Bonchev–Trinajstić information content (AvgIpc) is 2.66. The van der Waals surface area contributed by atoms with E-state index in [2.05, 4.69) is 10.2 Å². The summed E-state index contributed by atoms with van der Waals surface area (Å²) < 4.78 is 41.6. The predicted octanol–water partition coefficient (Wildman–Crippen LogP) is 1.66. The Morgan fingerprint density at radius 3 is 2.55 bits per heavy atom. The van der Waals surface area contributed by atoms with Crippen molar-refractivity contribution >= 4 is 5.91 Å². The van der Waals surface area contributed by atoms with Crippen LogP contribution in [0.25, 0.3) is 0 Å². The first-order valence-corrected chi connectivity index (χ1v) is 6.80. The van der Waals surface area contributed by atoms with E-state index < -0.39 is 18.5 Å². The molecule has 2 atom stereocenters. The van der Waals surface area contributed by atoms with Crippen molar-refractivity contribution in [1.29, 1.82) is 0 Å². The molecule has 7 heteroatoms. The largest absolute Gasteiger partial charge is 0.397 e. The maximum atomic E-state index is 12.2. The first kappa shape index (κ1) is 17.2. The number of hydrogen-bond acceptors (Lipinski definition) is 3. The fourth-order valence-corrected chi connectivity index (χ4v) is 2.58. The summed E-state index contributed by atoms with van der Waals surface area (Å²) >= 11 is 0. The third-order valence-electron chi connectivity index (χ3n) is 3.62. The zero-order valence-corrected chi connectivity index (χ0v) is 12.2. The molecule has 0 aromatic carbocycles. The first-order valence-electron chi connectivity index (χ1n) is 6.80. The summed E-state index contributed by atoms with van der Waals surface area (Å²) in [5.74, 6) is -0.468. The van der Waals surface area contributed by atoms with Crippen molar-refractivity contribution in [2.75, 3.05) is 33.4 Å². The van der Waals surface area contributed by atoms with Crippen LogP contribution in [0.5, 0.6) is 0 Å². The summed E-state index contributed by atoms with van der Waals surface area (Å²) in [5.41, 5.74) is 0. The summed E-state index contributed by atoms with van der Waals surface area (Å²) in [6.45, 7) is 6.70. The second-order valence-electron chi connectivity index (χ2n) is 5.63. The van der Waals surface area contributed by atoms with Crippen molar-refractivity contribution in [3.63, 3.8) is 0 Å². The van der Waals surface area contributed by atoms with Crippen LogP contribution < -0.4 is 5.32 Å². The van der Waals surface area contributed by atoms with Crippen LogP contribution in [-0.2, 0) is 9.53 Å². The Morgan fingerprint density at radius 1 is 1.40 bits per heavy atom. The predicted molar refractivity (Wildman–Crippen MR) is 69.2 cm³/mol. The quantitative estimate of drug-likeness (QED) is 0.810.